The van der Waals surface area contributed by atoms with Crippen LogP contribution in [-0.2, 0) is 6.54 Å². The zero-order chi connectivity index (χ0) is 20.8. The smallest absolute Gasteiger partial charge is 0.251 e. The number of hydrogen-bond acceptors (Lipinski definition) is 4. The third-order valence-electron chi connectivity index (χ3n) is 4.38. The highest BCUT2D eigenvalue weighted by Crippen LogP contribution is 2.22. The maximum Gasteiger partial charge on any atom is 0.251 e. The van der Waals surface area contributed by atoms with Crippen LogP contribution in [0.4, 0.5) is 4.39 Å². The zero-order valence-corrected chi connectivity index (χ0v) is 16.0. The van der Waals surface area contributed by atoms with Gasteiger partial charge in [0.15, 0.2) is 0 Å². The number of rotatable bonds is 6. The number of carbonyl (C=O) groups is 1. The van der Waals surface area contributed by atoms with E-state index in [1.807, 2.05) is 24.3 Å². The van der Waals surface area contributed by atoms with Crippen molar-refractivity contribution in [2.75, 3.05) is 0 Å². The Morgan fingerprint density at radius 1 is 0.933 bits per heavy atom. The predicted molar refractivity (Wildman–Crippen MR) is 112 cm³/mol. The third kappa shape index (κ3) is 4.86. The molecule has 0 saturated carbocycles. The fourth-order valence-electron chi connectivity index (χ4n) is 2.84. The molecule has 0 atom stereocenters. The number of hydrogen-bond donors (Lipinski definition) is 1. The highest BCUT2D eigenvalue weighted by Gasteiger charge is 2.08. The first-order chi connectivity index (χ1) is 14.7. The minimum Gasteiger partial charge on any atom is -0.457 e. The molecule has 0 saturated heterocycles. The van der Waals surface area contributed by atoms with Crippen molar-refractivity contribution in [3.63, 3.8) is 0 Å². The third-order valence-corrected chi connectivity index (χ3v) is 4.38. The predicted octanol–water partition coefficient (Wildman–Crippen LogP) is 5.01. The summed E-state index contributed by atoms with van der Waals surface area (Å²) < 4.78 is 18.7. The first-order valence-electron chi connectivity index (χ1n) is 9.34. The SMILES string of the molecule is O=C(NCc1ccc(-c2cccnc2)nc1)c1cccc(Oc2ccc(F)cc2)c1. The number of halogens is 1. The van der Waals surface area contributed by atoms with E-state index in [9.17, 15) is 9.18 Å². The van der Waals surface area contributed by atoms with Gasteiger partial charge in [-0.2, -0.15) is 0 Å². The summed E-state index contributed by atoms with van der Waals surface area (Å²) in [5.74, 6) is 0.430. The van der Waals surface area contributed by atoms with Crippen LogP contribution in [0.25, 0.3) is 11.3 Å². The first kappa shape index (κ1) is 19.3. The molecule has 0 spiro atoms. The second kappa shape index (κ2) is 8.96. The maximum atomic E-state index is 13.0. The summed E-state index contributed by atoms with van der Waals surface area (Å²) in [4.78, 5) is 21.0. The average molecular weight is 399 g/mol. The van der Waals surface area contributed by atoms with Crippen LogP contribution in [0.5, 0.6) is 11.5 Å². The molecule has 0 fully saturated rings. The number of ether oxygens (including phenoxy) is 1. The fraction of sp³-hybridized carbons (Fsp3) is 0.0417. The number of aromatic nitrogens is 2. The molecule has 0 aliphatic rings. The van der Waals surface area contributed by atoms with Gasteiger partial charge in [-0.05, 0) is 66.2 Å². The van der Waals surface area contributed by atoms with Crippen molar-refractivity contribution in [3.05, 3.63) is 108 Å². The molecule has 4 rings (SSSR count). The van der Waals surface area contributed by atoms with Crippen LogP contribution in [0, 0.1) is 5.82 Å². The Morgan fingerprint density at radius 3 is 2.53 bits per heavy atom. The molecule has 1 N–H and O–H groups in total. The molecule has 5 nitrogen and oxygen atoms in total. The maximum absolute atomic E-state index is 13.0. The molecule has 148 valence electrons. The van der Waals surface area contributed by atoms with E-state index in [4.69, 9.17) is 4.74 Å². The van der Waals surface area contributed by atoms with Gasteiger partial charge in [0.25, 0.3) is 5.91 Å². The van der Waals surface area contributed by atoms with Crippen molar-refractivity contribution in [1.29, 1.82) is 0 Å². The number of amides is 1. The molecule has 1 amide bonds. The van der Waals surface area contributed by atoms with Gasteiger partial charge in [-0.1, -0.05) is 12.1 Å². The quantitative estimate of drug-likeness (QED) is 0.495. The molecule has 2 heterocycles. The van der Waals surface area contributed by atoms with Crippen LogP contribution in [0.15, 0.2) is 91.4 Å². The molecule has 0 unspecified atom stereocenters. The Labute approximate surface area is 173 Å². The molecule has 4 aromatic rings. The van der Waals surface area contributed by atoms with Crippen LogP contribution in [0.3, 0.4) is 0 Å². The molecule has 2 aromatic heterocycles. The first-order valence-corrected chi connectivity index (χ1v) is 9.34. The van der Waals surface area contributed by atoms with Crippen LogP contribution >= 0.6 is 0 Å². The summed E-state index contributed by atoms with van der Waals surface area (Å²) in [7, 11) is 0. The van der Waals surface area contributed by atoms with Gasteiger partial charge in [0.2, 0.25) is 0 Å². The van der Waals surface area contributed by atoms with Crippen LogP contribution < -0.4 is 10.1 Å². The van der Waals surface area contributed by atoms with E-state index in [0.29, 0.717) is 23.6 Å². The van der Waals surface area contributed by atoms with Crippen molar-refractivity contribution in [3.8, 4) is 22.8 Å². The number of pyridine rings is 2. The number of carbonyl (C=O) groups excluding carboxylic acids is 1. The van der Waals surface area contributed by atoms with Gasteiger partial charge in [0, 0.05) is 36.3 Å². The monoisotopic (exact) mass is 399 g/mol. The minimum atomic E-state index is -0.335. The lowest BCUT2D eigenvalue weighted by molar-refractivity contribution is 0.0950. The average Bonchev–Trinajstić information content (AvgIpc) is 2.80. The Kier molecular flexibility index (Phi) is 5.75. The van der Waals surface area contributed by atoms with Crippen molar-refractivity contribution < 1.29 is 13.9 Å². The van der Waals surface area contributed by atoms with Gasteiger partial charge in [0.1, 0.15) is 17.3 Å². The van der Waals surface area contributed by atoms with Crippen LogP contribution in [0.1, 0.15) is 15.9 Å². The molecular weight excluding hydrogens is 381 g/mol. The minimum absolute atomic E-state index is 0.226. The molecule has 0 bridgehead atoms. The number of nitrogens with zero attached hydrogens (tertiary/aromatic N) is 2. The van der Waals surface area contributed by atoms with E-state index in [-0.39, 0.29) is 11.7 Å². The van der Waals surface area contributed by atoms with Crippen LogP contribution in [0.2, 0.25) is 0 Å². The lowest BCUT2D eigenvalue weighted by atomic mass is 10.1. The van der Waals surface area contributed by atoms with Gasteiger partial charge in [0.05, 0.1) is 5.69 Å². The van der Waals surface area contributed by atoms with Crippen LogP contribution in [-0.4, -0.2) is 15.9 Å². The van der Waals surface area contributed by atoms with Crippen molar-refractivity contribution in [2.45, 2.75) is 6.54 Å². The van der Waals surface area contributed by atoms with E-state index in [1.165, 1.54) is 24.3 Å². The van der Waals surface area contributed by atoms with Gasteiger partial charge >= 0.3 is 0 Å². The second-order valence-electron chi connectivity index (χ2n) is 6.56. The molecule has 6 heteroatoms. The van der Waals surface area contributed by atoms with Gasteiger partial charge in [-0.3, -0.25) is 14.8 Å². The lowest BCUT2D eigenvalue weighted by Crippen LogP contribution is -2.22. The highest BCUT2D eigenvalue weighted by molar-refractivity contribution is 5.94. The highest BCUT2D eigenvalue weighted by atomic mass is 19.1. The summed E-state index contributed by atoms with van der Waals surface area (Å²) in [6.45, 7) is 0.349. The summed E-state index contributed by atoms with van der Waals surface area (Å²) in [5.41, 5.74) is 3.11. The van der Waals surface area contributed by atoms with E-state index in [0.717, 1.165) is 16.8 Å². The molecule has 0 aliphatic heterocycles. The van der Waals surface area contributed by atoms with Gasteiger partial charge in [-0.25, -0.2) is 4.39 Å². The number of benzene rings is 2. The topological polar surface area (TPSA) is 64.1 Å². The normalized spacial score (nSPS) is 10.4. The van der Waals surface area contributed by atoms with Crippen molar-refractivity contribution >= 4 is 5.91 Å². The molecule has 0 aliphatic carbocycles. The van der Waals surface area contributed by atoms with Crippen molar-refractivity contribution in [2.24, 2.45) is 0 Å². The Bertz CT molecular complexity index is 1130. The van der Waals surface area contributed by atoms with Crippen molar-refractivity contribution in [1.82, 2.24) is 15.3 Å². The van der Waals surface area contributed by atoms with E-state index in [1.54, 1.807) is 42.9 Å². The molecule has 2 aromatic carbocycles. The Hall–Kier alpha value is -4.06. The largest absolute Gasteiger partial charge is 0.457 e. The van der Waals surface area contributed by atoms with Gasteiger partial charge in [-0.15, -0.1) is 0 Å². The Balaban J connectivity index is 1.37. The Morgan fingerprint density at radius 2 is 1.80 bits per heavy atom. The standard InChI is InChI=1S/C24H18FN3O2/c25-20-7-9-21(10-8-20)30-22-5-1-3-18(13-22)24(29)28-15-17-6-11-23(27-14-17)19-4-2-12-26-16-19/h1-14,16H,15H2,(H,28,29). The molecule has 30 heavy (non-hydrogen) atoms. The second-order valence-corrected chi connectivity index (χ2v) is 6.56. The van der Waals surface area contributed by atoms with E-state index in [2.05, 4.69) is 15.3 Å². The summed E-state index contributed by atoms with van der Waals surface area (Å²) in [6.07, 6.45) is 5.20. The fourth-order valence-corrected chi connectivity index (χ4v) is 2.84. The zero-order valence-electron chi connectivity index (χ0n) is 16.0. The van der Waals surface area contributed by atoms with E-state index < -0.39 is 0 Å². The van der Waals surface area contributed by atoms with E-state index >= 15 is 0 Å². The molecular formula is C24H18FN3O2. The lowest BCUT2D eigenvalue weighted by Gasteiger charge is -2.09. The summed E-state index contributed by atoms with van der Waals surface area (Å²) in [6, 6.07) is 20.1. The summed E-state index contributed by atoms with van der Waals surface area (Å²) in [5, 5.41) is 2.88. The van der Waals surface area contributed by atoms with Gasteiger partial charge < -0.3 is 10.1 Å². The summed E-state index contributed by atoms with van der Waals surface area (Å²) >= 11 is 0. The molecule has 0 radical (unpaired) electrons. The number of nitrogens with one attached hydrogen (secondary N) is 1.